The molecule has 2 N–H and O–H groups in total. The van der Waals surface area contributed by atoms with Crippen LogP contribution in [0.5, 0.6) is 0 Å². The summed E-state index contributed by atoms with van der Waals surface area (Å²) in [6, 6.07) is 14.5. The van der Waals surface area contributed by atoms with E-state index in [-0.39, 0.29) is 10.9 Å². The summed E-state index contributed by atoms with van der Waals surface area (Å²) in [4.78, 5) is 2.27. The van der Waals surface area contributed by atoms with Crippen LogP contribution >= 0.6 is 11.6 Å². The van der Waals surface area contributed by atoms with Gasteiger partial charge < -0.3 is 0 Å². The number of hydrogen-bond acceptors (Lipinski definition) is 3. The molecule has 0 fully saturated rings. The maximum Gasteiger partial charge on any atom is 0.238 e. The molecule has 0 spiro atoms. The van der Waals surface area contributed by atoms with Gasteiger partial charge in [-0.2, -0.15) is 0 Å². The van der Waals surface area contributed by atoms with Gasteiger partial charge in [-0.3, -0.25) is 4.90 Å². The molecule has 0 bridgehead atoms. The second kappa shape index (κ2) is 6.79. The molecular weight excluding hydrogens is 320 g/mol. The van der Waals surface area contributed by atoms with Crippen LogP contribution in [0.15, 0.2) is 53.4 Å². The zero-order chi connectivity index (χ0) is 16.3. The Morgan fingerprint density at radius 2 is 1.73 bits per heavy atom. The second-order valence-corrected chi connectivity index (χ2v) is 7.27. The Labute approximate surface area is 136 Å². The molecule has 0 heterocycles. The zero-order valence-corrected chi connectivity index (χ0v) is 14.1. The van der Waals surface area contributed by atoms with Crippen molar-refractivity contribution in [3.63, 3.8) is 0 Å². The van der Waals surface area contributed by atoms with E-state index >= 15 is 0 Å². The lowest BCUT2D eigenvalue weighted by Crippen LogP contribution is -2.22. The average molecular weight is 339 g/mol. The molecule has 0 saturated heterocycles. The molecule has 0 aliphatic carbocycles. The van der Waals surface area contributed by atoms with Gasteiger partial charge in [0.15, 0.2) is 0 Å². The number of halogens is 1. The Morgan fingerprint density at radius 3 is 2.27 bits per heavy atom. The monoisotopic (exact) mass is 338 g/mol. The first-order valence-electron chi connectivity index (χ1n) is 6.85. The van der Waals surface area contributed by atoms with Crippen molar-refractivity contribution in [3.05, 3.63) is 64.7 Å². The van der Waals surface area contributed by atoms with E-state index in [1.807, 2.05) is 31.3 Å². The van der Waals surface area contributed by atoms with Crippen molar-refractivity contribution in [1.82, 2.24) is 4.90 Å². The van der Waals surface area contributed by atoms with Crippen LogP contribution in [0.2, 0.25) is 5.02 Å². The highest BCUT2D eigenvalue weighted by atomic mass is 35.5. The first-order valence-corrected chi connectivity index (χ1v) is 8.78. The molecule has 0 aromatic heterocycles. The van der Waals surface area contributed by atoms with Gasteiger partial charge >= 0.3 is 0 Å². The van der Waals surface area contributed by atoms with Gasteiger partial charge in [0.1, 0.15) is 0 Å². The SMILES string of the molecule is C[C@@H](c1ccc(S(N)(=O)=O)cc1)N(C)Cc1ccccc1Cl. The highest BCUT2D eigenvalue weighted by Crippen LogP contribution is 2.24. The third kappa shape index (κ3) is 4.08. The number of sulfonamides is 1. The van der Waals surface area contributed by atoms with E-state index < -0.39 is 10.0 Å². The summed E-state index contributed by atoms with van der Waals surface area (Å²) in [6.45, 7) is 2.76. The summed E-state index contributed by atoms with van der Waals surface area (Å²) >= 11 is 6.18. The Morgan fingerprint density at radius 1 is 1.14 bits per heavy atom. The lowest BCUT2D eigenvalue weighted by atomic mass is 10.1. The Balaban J connectivity index is 2.14. The van der Waals surface area contributed by atoms with Crippen LogP contribution in [-0.2, 0) is 16.6 Å². The van der Waals surface area contributed by atoms with E-state index in [1.165, 1.54) is 12.1 Å². The molecule has 4 nitrogen and oxygen atoms in total. The number of nitrogens with zero attached hydrogens (tertiary/aromatic N) is 1. The third-order valence-electron chi connectivity index (χ3n) is 3.73. The summed E-state index contributed by atoms with van der Waals surface area (Å²) < 4.78 is 22.6. The first kappa shape index (κ1) is 17.0. The van der Waals surface area contributed by atoms with E-state index in [1.54, 1.807) is 12.1 Å². The fraction of sp³-hybridized carbons (Fsp3) is 0.250. The second-order valence-electron chi connectivity index (χ2n) is 5.30. The van der Waals surface area contributed by atoms with Gasteiger partial charge in [0, 0.05) is 17.6 Å². The van der Waals surface area contributed by atoms with Crippen LogP contribution < -0.4 is 5.14 Å². The third-order valence-corrected chi connectivity index (χ3v) is 5.03. The summed E-state index contributed by atoms with van der Waals surface area (Å²) in [6.07, 6.45) is 0. The number of benzene rings is 2. The van der Waals surface area contributed by atoms with Gasteiger partial charge in [0.05, 0.1) is 4.90 Å². The minimum atomic E-state index is -3.65. The number of nitrogens with two attached hydrogens (primary N) is 1. The molecule has 0 saturated carbocycles. The Hall–Kier alpha value is -1.40. The highest BCUT2D eigenvalue weighted by Gasteiger charge is 2.14. The quantitative estimate of drug-likeness (QED) is 0.910. The van der Waals surface area contributed by atoms with E-state index in [0.29, 0.717) is 6.54 Å². The maximum atomic E-state index is 11.3. The van der Waals surface area contributed by atoms with Crippen molar-refractivity contribution in [3.8, 4) is 0 Å². The van der Waals surface area contributed by atoms with Crippen molar-refractivity contribution in [2.45, 2.75) is 24.4 Å². The maximum absolute atomic E-state index is 11.3. The summed E-state index contributed by atoms with van der Waals surface area (Å²) in [5.74, 6) is 0. The van der Waals surface area contributed by atoms with Crippen molar-refractivity contribution in [2.75, 3.05) is 7.05 Å². The smallest absolute Gasteiger partial charge is 0.238 e. The van der Waals surface area contributed by atoms with Gasteiger partial charge in [-0.15, -0.1) is 0 Å². The fourth-order valence-corrected chi connectivity index (χ4v) is 2.93. The van der Waals surface area contributed by atoms with Crippen LogP contribution in [-0.4, -0.2) is 20.4 Å². The van der Waals surface area contributed by atoms with E-state index in [2.05, 4.69) is 11.8 Å². The molecule has 0 unspecified atom stereocenters. The molecule has 2 rings (SSSR count). The standard InChI is InChI=1S/C16H19ClN2O2S/c1-12(13-7-9-15(10-8-13)22(18,20)21)19(2)11-14-5-3-4-6-16(14)17/h3-10,12H,11H2,1-2H3,(H2,18,20,21)/t12-/m0/s1. The van der Waals surface area contributed by atoms with Crippen molar-refractivity contribution >= 4 is 21.6 Å². The van der Waals surface area contributed by atoms with Crippen molar-refractivity contribution in [1.29, 1.82) is 0 Å². The van der Waals surface area contributed by atoms with Crippen LogP contribution in [0.25, 0.3) is 0 Å². The zero-order valence-electron chi connectivity index (χ0n) is 12.5. The lowest BCUT2D eigenvalue weighted by Gasteiger charge is -2.25. The van der Waals surface area contributed by atoms with E-state index in [4.69, 9.17) is 16.7 Å². The van der Waals surface area contributed by atoms with E-state index in [0.717, 1.165) is 16.1 Å². The first-order chi connectivity index (χ1) is 10.3. The van der Waals surface area contributed by atoms with Crippen molar-refractivity contribution in [2.24, 2.45) is 5.14 Å². The number of rotatable bonds is 5. The molecule has 0 radical (unpaired) electrons. The van der Waals surface area contributed by atoms with Crippen LogP contribution in [0, 0.1) is 0 Å². The van der Waals surface area contributed by atoms with Crippen LogP contribution in [0.4, 0.5) is 0 Å². The molecule has 2 aromatic carbocycles. The molecule has 6 heteroatoms. The van der Waals surface area contributed by atoms with Crippen molar-refractivity contribution < 1.29 is 8.42 Å². The molecule has 0 amide bonds. The molecule has 0 aliphatic rings. The van der Waals surface area contributed by atoms with Crippen LogP contribution in [0.1, 0.15) is 24.1 Å². The lowest BCUT2D eigenvalue weighted by molar-refractivity contribution is 0.253. The summed E-state index contributed by atoms with van der Waals surface area (Å²) in [7, 11) is -1.65. The predicted octanol–water partition coefficient (Wildman–Crippen LogP) is 3.18. The topological polar surface area (TPSA) is 63.4 Å². The van der Waals surface area contributed by atoms with Gasteiger partial charge in [-0.25, -0.2) is 13.6 Å². The predicted molar refractivity (Wildman–Crippen MR) is 89.1 cm³/mol. The van der Waals surface area contributed by atoms with E-state index in [9.17, 15) is 8.42 Å². The van der Waals surface area contributed by atoms with Gasteiger partial charge in [0.25, 0.3) is 0 Å². The Kier molecular flexibility index (Phi) is 5.24. The minimum absolute atomic E-state index is 0.116. The van der Waals surface area contributed by atoms with Gasteiger partial charge in [-0.05, 0) is 43.3 Å². The molecule has 22 heavy (non-hydrogen) atoms. The molecule has 118 valence electrons. The summed E-state index contributed by atoms with van der Waals surface area (Å²) in [5.41, 5.74) is 2.07. The molecule has 0 aliphatic heterocycles. The number of hydrogen-bond donors (Lipinski definition) is 1. The number of primary sulfonamides is 1. The fourth-order valence-electron chi connectivity index (χ4n) is 2.22. The normalized spacial score (nSPS) is 13.3. The molecular formula is C16H19ClN2O2S. The molecule has 1 atom stereocenters. The minimum Gasteiger partial charge on any atom is -0.295 e. The van der Waals surface area contributed by atoms with Gasteiger partial charge in [-0.1, -0.05) is 41.9 Å². The highest BCUT2D eigenvalue weighted by molar-refractivity contribution is 7.89. The van der Waals surface area contributed by atoms with Gasteiger partial charge in [0.2, 0.25) is 10.0 Å². The average Bonchev–Trinajstić information content (AvgIpc) is 2.48. The Bertz CT molecular complexity index is 745. The molecule has 2 aromatic rings. The largest absolute Gasteiger partial charge is 0.295 e. The summed E-state index contributed by atoms with van der Waals surface area (Å²) in [5, 5.41) is 5.85. The van der Waals surface area contributed by atoms with Crippen LogP contribution in [0.3, 0.4) is 0 Å².